The van der Waals surface area contributed by atoms with Gasteiger partial charge in [-0.1, -0.05) is 12.1 Å². The minimum Gasteiger partial charge on any atom is -0.490 e. The zero-order chi connectivity index (χ0) is 17.1. The first kappa shape index (κ1) is 19.3. The SMILES string of the molecule is CC(C)(C)OC=O.CCOc1ccccc1O[C@@H]1CCCNC1. The molecule has 5 nitrogen and oxygen atoms in total. The molecule has 0 aromatic heterocycles. The van der Waals surface area contributed by atoms with Gasteiger partial charge in [-0.2, -0.15) is 0 Å². The molecule has 2 rings (SSSR count). The predicted molar refractivity (Wildman–Crippen MR) is 91.0 cm³/mol. The van der Waals surface area contributed by atoms with Crippen molar-refractivity contribution in [1.29, 1.82) is 0 Å². The first-order valence-electron chi connectivity index (χ1n) is 8.17. The number of nitrogens with one attached hydrogen (secondary N) is 1. The molecule has 130 valence electrons. The molecule has 0 aliphatic carbocycles. The molecule has 23 heavy (non-hydrogen) atoms. The summed E-state index contributed by atoms with van der Waals surface area (Å²) in [6, 6.07) is 7.87. The summed E-state index contributed by atoms with van der Waals surface area (Å²) < 4.78 is 16.0. The first-order chi connectivity index (χ1) is 11.0. The number of rotatable bonds is 5. The third kappa shape index (κ3) is 8.45. The van der Waals surface area contributed by atoms with Gasteiger partial charge in [-0.25, -0.2) is 0 Å². The van der Waals surface area contributed by atoms with E-state index in [-0.39, 0.29) is 11.7 Å². The van der Waals surface area contributed by atoms with Crippen molar-refractivity contribution in [2.24, 2.45) is 0 Å². The second-order valence-corrected chi connectivity index (χ2v) is 6.29. The van der Waals surface area contributed by atoms with Crippen LogP contribution in [-0.4, -0.2) is 37.9 Å². The van der Waals surface area contributed by atoms with Crippen LogP contribution < -0.4 is 14.8 Å². The maximum atomic E-state index is 9.60. The monoisotopic (exact) mass is 323 g/mol. The molecule has 1 N–H and O–H groups in total. The van der Waals surface area contributed by atoms with Gasteiger partial charge in [0.2, 0.25) is 0 Å². The summed E-state index contributed by atoms with van der Waals surface area (Å²) in [6.45, 7) is 10.6. The minimum absolute atomic E-state index is 0.273. The maximum Gasteiger partial charge on any atom is 0.293 e. The maximum absolute atomic E-state index is 9.60. The van der Waals surface area contributed by atoms with E-state index < -0.39 is 0 Å². The second-order valence-electron chi connectivity index (χ2n) is 6.29. The molecule has 0 spiro atoms. The van der Waals surface area contributed by atoms with E-state index >= 15 is 0 Å². The van der Waals surface area contributed by atoms with Crippen molar-refractivity contribution in [3.05, 3.63) is 24.3 Å². The van der Waals surface area contributed by atoms with Gasteiger partial charge < -0.3 is 19.5 Å². The number of benzene rings is 1. The van der Waals surface area contributed by atoms with Crippen molar-refractivity contribution in [1.82, 2.24) is 5.32 Å². The summed E-state index contributed by atoms with van der Waals surface area (Å²) in [4.78, 5) is 9.60. The van der Waals surface area contributed by atoms with E-state index in [1.165, 1.54) is 6.42 Å². The molecule has 1 fully saturated rings. The Hall–Kier alpha value is -1.75. The summed E-state index contributed by atoms with van der Waals surface area (Å²) in [5.41, 5.74) is -0.318. The van der Waals surface area contributed by atoms with Crippen LogP contribution in [0.25, 0.3) is 0 Å². The number of ether oxygens (including phenoxy) is 3. The third-order valence-electron chi connectivity index (χ3n) is 3.10. The van der Waals surface area contributed by atoms with Crippen molar-refractivity contribution in [2.75, 3.05) is 19.7 Å². The van der Waals surface area contributed by atoms with E-state index in [2.05, 4.69) is 10.1 Å². The molecule has 1 aromatic carbocycles. The normalized spacial score (nSPS) is 17.5. The van der Waals surface area contributed by atoms with Crippen LogP contribution in [0.4, 0.5) is 0 Å². The highest BCUT2D eigenvalue weighted by molar-refractivity contribution is 5.39. The molecular weight excluding hydrogens is 294 g/mol. The number of hydrogen-bond donors (Lipinski definition) is 1. The predicted octanol–water partition coefficient (Wildman–Crippen LogP) is 3.17. The Morgan fingerprint density at radius 2 is 1.96 bits per heavy atom. The van der Waals surface area contributed by atoms with E-state index in [4.69, 9.17) is 9.47 Å². The molecule has 5 heteroatoms. The lowest BCUT2D eigenvalue weighted by molar-refractivity contribution is -0.138. The molecule has 1 aromatic rings. The van der Waals surface area contributed by atoms with Crippen molar-refractivity contribution < 1.29 is 19.0 Å². The van der Waals surface area contributed by atoms with E-state index in [1.54, 1.807) is 0 Å². The molecular formula is C18H29NO4. The van der Waals surface area contributed by atoms with Crippen molar-refractivity contribution in [2.45, 2.75) is 52.2 Å². The average Bonchev–Trinajstić information content (AvgIpc) is 2.50. The molecule has 0 radical (unpaired) electrons. The number of piperidine rings is 1. The van der Waals surface area contributed by atoms with E-state index in [9.17, 15) is 4.79 Å². The van der Waals surface area contributed by atoms with Crippen LogP contribution in [0.5, 0.6) is 11.5 Å². The van der Waals surface area contributed by atoms with Crippen LogP contribution in [0.1, 0.15) is 40.5 Å². The summed E-state index contributed by atoms with van der Waals surface area (Å²) in [5, 5.41) is 3.34. The molecule has 1 atom stereocenters. The molecule has 0 unspecified atom stereocenters. The van der Waals surface area contributed by atoms with Crippen LogP contribution in [-0.2, 0) is 9.53 Å². The highest BCUT2D eigenvalue weighted by Crippen LogP contribution is 2.28. The van der Waals surface area contributed by atoms with Crippen molar-refractivity contribution in [3.63, 3.8) is 0 Å². The van der Waals surface area contributed by atoms with Gasteiger partial charge in [0, 0.05) is 6.54 Å². The molecule has 0 saturated carbocycles. The van der Waals surface area contributed by atoms with Crippen LogP contribution in [0.3, 0.4) is 0 Å². The summed E-state index contributed by atoms with van der Waals surface area (Å²) in [6.07, 6.45) is 2.57. The molecule has 0 amide bonds. The van der Waals surface area contributed by atoms with Gasteiger partial charge in [0.1, 0.15) is 11.7 Å². The topological polar surface area (TPSA) is 56.8 Å². The lowest BCUT2D eigenvalue weighted by atomic mass is 10.1. The molecule has 1 aliphatic heterocycles. The van der Waals surface area contributed by atoms with Gasteiger partial charge in [-0.05, 0) is 59.2 Å². The summed E-state index contributed by atoms with van der Waals surface area (Å²) in [5.74, 6) is 1.70. The van der Waals surface area contributed by atoms with Gasteiger partial charge >= 0.3 is 0 Å². The third-order valence-corrected chi connectivity index (χ3v) is 3.10. The van der Waals surface area contributed by atoms with Gasteiger partial charge in [0.05, 0.1) is 6.61 Å². The number of carbonyl (C=O) groups excluding carboxylic acids is 1. The Morgan fingerprint density at radius 1 is 1.26 bits per heavy atom. The first-order valence-corrected chi connectivity index (χ1v) is 8.17. The van der Waals surface area contributed by atoms with Gasteiger partial charge in [-0.15, -0.1) is 0 Å². The molecule has 0 bridgehead atoms. The Labute approximate surface area is 139 Å². The fourth-order valence-electron chi connectivity index (χ4n) is 2.07. The number of carbonyl (C=O) groups is 1. The zero-order valence-corrected chi connectivity index (χ0v) is 14.6. The van der Waals surface area contributed by atoms with Gasteiger partial charge in [0.15, 0.2) is 11.5 Å². The highest BCUT2D eigenvalue weighted by Gasteiger charge is 2.16. The fraction of sp³-hybridized carbons (Fsp3) is 0.611. The van der Waals surface area contributed by atoms with E-state index in [0.717, 1.165) is 31.0 Å². The Kier molecular flexibility index (Phi) is 8.48. The van der Waals surface area contributed by atoms with Crippen molar-refractivity contribution in [3.8, 4) is 11.5 Å². The fourth-order valence-corrected chi connectivity index (χ4v) is 2.07. The summed E-state index contributed by atoms with van der Waals surface area (Å²) in [7, 11) is 0. The van der Waals surface area contributed by atoms with Crippen LogP contribution in [0.2, 0.25) is 0 Å². The lowest BCUT2D eigenvalue weighted by Gasteiger charge is -2.24. The second kappa shape index (κ2) is 10.1. The van der Waals surface area contributed by atoms with Gasteiger partial charge in [-0.3, -0.25) is 4.79 Å². The standard InChI is InChI=1S/C13H19NO2.C5H10O2/c1-2-15-12-7-3-4-8-13(12)16-11-6-5-9-14-10-11;1-5(2,3)7-4-6/h3-4,7-8,11,14H,2,5-6,9-10H2,1H3;4H,1-3H3/t11-;/m1./s1. The van der Waals surface area contributed by atoms with Gasteiger partial charge in [0.25, 0.3) is 6.47 Å². The average molecular weight is 323 g/mol. The lowest BCUT2D eigenvalue weighted by Crippen LogP contribution is -2.37. The Balaban J connectivity index is 0.000000322. The molecule has 1 saturated heterocycles. The Morgan fingerprint density at radius 3 is 2.43 bits per heavy atom. The van der Waals surface area contributed by atoms with Crippen molar-refractivity contribution >= 4 is 6.47 Å². The quantitative estimate of drug-likeness (QED) is 0.844. The number of hydrogen-bond acceptors (Lipinski definition) is 5. The minimum atomic E-state index is -0.318. The number of para-hydroxylation sites is 2. The molecule has 1 aliphatic rings. The smallest absolute Gasteiger partial charge is 0.293 e. The highest BCUT2D eigenvalue weighted by atomic mass is 16.5. The van der Waals surface area contributed by atoms with E-state index in [0.29, 0.717) is 13.1 Å². The van der Waals surface area contributed by atoms with Crippen LogP contribution >= 0.6 is 0 Å². The van der Waals surface area contributed by atoms with Crippen LogP contribution in [0.15, 0.2) is 24.3 Å². The molecule has 1 heterocycles. The van der Waals surface area contributed by atoms with E-state index in [1.807, 2.05) is 52.0 Å². The zero-order valence-electron chi connectivity index (χ0n) is 14.6. The Bertz CT molecular complexity index is 451. The van der Waals surface area contributed by atoms with Crippen LogP contribution in [0, 0.1) is 0 Å². The summed E-state index contributed by atoms with van der Waals surface area (Å²) >= 11 is 0. The largest absolute Gasteiger partial charge is 0.490 e.